The highest BCUT2D eigenvalue weighted by atomic mass is 16.5. The van der Waals surface area contributed by atoms with E-state index in [9.17, 15) is 0 Å². The summed E-state index contributed by atoms with van der Waals surface area (Å²) in [6, 6.07) is 4.07. The Kier molecular flexibility index (Phi) is 3.93. The zero-order chi connectivity index (χ0) is 14.0. The molecule has 2 aliphatic carbocycles. The van der Waals surface area contributed by atoms with Crippen molar-refractivity contribution < 1.29 is 4.74 Å². The third kappa shape index (κ3) is 2.67. The molecule has 0 spiro atoms. The average molecular weight is 271 g/mol. The van der Waals surface area contributed by atoms with Crippen molar-refractivity contribution in [2.24, 2.45) is 11.3 Å². The fourth-order valence-corrected chi connectivity index (χ4v) is 3.74. The van der Waals surface area contributed by atoms with E-state index in [0.717, 1.165) is 12.3 Å². The summed E-state index contributed by atoms with van der Waals surface area (Å²) in [4.78, 5) is 4.05. The average Bonchev–Trinajstić information content (AvgIpc) is 2.48. The Morgan fingerprint density at radius 1 is 1.30 bits per heavy atom. The minimum Gasteiger partial charge on any atom is -0.373 e. The van der Waals surface area contributed by atoms with Gasteiger partial charge in [0.1, 0.15) is 0 Å². The fourth-order valence-electron chi connectivity index (χ4n) is 3.74. The quantitative estimate of drug-likeness (QED) is 0.754. The number of hydrogen-bond donors (Lipinski definition) is 0. The lowest BCUT2D eigenvalue weighted by molar-refractivity contribution is 0.000972. The van der Waals surface area contributed by atoms with Crippen molar-refractivity contribution in [1.82, 2.24) is 4.98 Å². The number of fused-ring (bicyclic) bond motifs is 1. The van der Waals surface area contributed by atoms with Crippen LogP contribution in [0.4, 0.5) is 0 Å². The number of allylic oxidation sites excluding steroid dienone is 1. The third-order valence-electron chi connectivity index (χ3n) is 5.48. The van der Waals surface area contributed by atoms with Gasteiger partial charge in [-0.05, 0) is 61.1 Å². The largest absolute Gasteiger partial charge is 0.373 e. The van der Waals surface area contributed by atoms with Gasteiger partial charge in [0, 0.05) is 12.4 Å². The Morgan fingerprint density at radius 3 is 2.90 bits per heavy atom. The van der Waals surface area contributed by atoms with Crippen molar-refractivity contribution in [2.45, 2.75) is 58.7 Å². The predicted octanol–water partition coefficient (Wildman–Crippen LogP) is 4.51. The van der Waals surface area contributed by atoms with E-state index >= 15 is 0 Å². The van der Waals surface area contributed by atoms with Gasteiger partial charge in [-0.2, -0.15) is 0 Å². The Labute approximate surface area is 122 Å². The second-order valence-corrected chi connectivity index (χ2v) is 6.66. The van der Waals surface area contributed by atoms with Gasteiger partial charge in [0.15, 0.2) is 0 Å². The second kappa shape index (κ2) is 5.69. The predicted molar refractivity (Wildman–Crippen MR) is 81.3 cm³/mol. The smallest absolute Gasteiger partial charge is 0.0721 e. The molecule has 20 heavy (non-hydrogen) atoms. The maximum absolute atomic E-state index is 6.13. The van der Waals surface area contributed by atoms with Gasteiger partial charge in [0.05, 0.1) is 12.7 Å². The zero-order valence-electron chi connectivity index (χ0n) is 12.6. The molecule has 1 fully saturated rings. The summed E-state index contributed by atoms with van der Waals surface area (Å²) >= 11 is 0. The van der Waals surface area contributed by atoms with E-state index in [-0.39, 0.29) is 0 Å². The number of ether oxygens (including phenoxy) is 1. The molecule has 108 valence electrons. The van der Waals surface area contributed by atoms with Gasteiger partial charge in [-0.1, -0.05) is 25.5 Å². The molecule has 1 unspecified atom stereocenters. The third-order valence-corrected chi connectivity index (χ3v) is 5.48. The van der Waals surface area contributed by atoms with Crippen LogP contribution in [0.3, 0.4) is 0 Å². The van der Waals surface area contributed by atoms with E-state index < -0.39 is 0 Å². The molecule has 1 aromatic heterocycles. The summed E-state index contributed by atoms with van der Waals surface area (Å²) in [6.45, 7) is 5.60. The van der Waals surface area contributed by atoms with Crippen LogP contribution >= 0.6 is 0 Å². The minimum atomic E-state index is 0.396. The van der Waals surface area contributed by atoms with Gasteiger partial charge < -0.3 is 4.74 Å². The maximum Gasteiger partial charge on any atom is 0.0721 e. The second-order valence-electron chi connectivity index (χ2n) is 6.66. The summed E-state index contributed by atoms with van der Waals surface area (Å²) in [5, 5.41) is 0. The van der Waals surface area contributed by atoms with Crippen LogP contribution in [-0.2, 0) is 11.3 Å². The first-order valence-corrected chi connectivity index (χ1v) is 7.88. The summed E-state index contributed by atoms with van der Waals surface area (Å²) in [6.07, 6.45) is 12.8. The van der Waals surface area contributed by atoms with Gasteiger partial charge in [0.25, 0.3) is 0 Å². The Hall–Kier alpha value is -1.15. The molecule has 0 aromatic carbocycles. The number of rotatable bonds is 3. The van der Waals surface area contributed by atoms with E-state index in [1.54, 1.807) is 5.57 Å². The van der Waals surface area contributed by atoms with Crippen LogP contribution in [0.15, 0.2) is 36.2 Å². The highest BCUT2D eigenvalue weighted by molar-refractivity contribution is 5.21. The molecule has 1 saturated carbocycles. The molecule has 0 saturated heterocycles. The summed E-state index contributed by atoms with van der Waals surface area (Å²) in [5.41, 5.74) is 3.32. The van der Waals surface area contributed by atoms with E-state index in [2.05, 4.69) is 24.9 Å². The van der Waals surface area contributed by atoms with Crippen LogP contribution in [0, 0.1) is 11.3 Å². The van der Waals surface area contributed by atoms with Crippen molar-refractivity contribution in [3.63, 3.8) is 0 Å². The Balaban J connectivity index is 1.60. The highest BCUT2D eigenvalue weighted by Crippen LogP contribution is 2.50. The molecule has 0 bridgehead atoms. The van der Waals surface area contributed by atoms with Crippen LogP contribution in [-0.4, -0.2) is 11.1 Å². The van der Waals surface area contributed by atoms with Gasteiger partial charge in [-0.3, -0.25) is 4.98 Å². The standard InChI is InChI=1S/C18H25NO/c1-14-4-3-5-16-12-17(6-9-18(14,16)2)20-13-15-7-10-19-11-8-15/h5,7-8,10-11,14,17H,3-4,6,9,12-13H2,1-2H3/t14?,17-,18+/m0/s1. The fraction of sp³-hybridized carbons (Fsp3) is 0.611. The van der Waals surface area contributed by atoms with Crippen LogP contribution in [0.1, 0.15) is 51.5 Å². The molecule has 1 aromatic rings. The van der Waals surface area contributed by atoms with Crippen LogP contribution in [0.25, 0.3) is 0 Å². The van der Waals surface area contributed by atoms with Gasteiger partial charge in [-0.15, -0.1) is 0 Å². The topological polar surface area (TPSA) is 22.1 Å². The molecule has 0 aliphatic heterocycles. The molecule has 2 heteroatoms. The van der Waals surface area contributed by atoms with Gasteiger partial charge in [0.2, 0.25) is 0 Å². The first-order chi connectivity index (χ1) is 9.68. The van der Waals surface area contributed by atoms with E-state index in [1.165, 1.54) is 31.2 Å². The molecule has 0 amide bonds. The number of pyridine rings is 1. The molecule has 1 heterocycles. The molecule has 2 nitrogen and oxygen atoms in total. The minimum absolute atomic E-state index is 0.396. The number of hydrogen-bond acceptors (Lipinski definition) is 2. The Morgan fingerprint density at radius 2 is 2.10 bits per heavy atom. The first-order valence-electron chi connectivity index (χ1n) is 7.88. The highest BCUT2D eigenvalue weighted by Gasteiger charge is 2.41. The molecular formula is C18H25NO. The van der Waals surface area contributed by atoms with Crippen molar-refractivity contribution in [1.29, 1.82) is 0 Å². The van der Waals surface area contributed by atoms with E-state index in [1.807, 2.05) is 24.5 Å². The summed E-state index contributed by atoms with van der Waals surface area (Å²) < 4.78 is 6.13. The van der Waals surface area contributed by atoms with E-state index in [4.69, 9.17) is 4.74 Å². The van der Waals surface area contributed by atoms with Crippen molar-refractivity contribution >= 4 is 0 Å². The number of aromatic nitrogens is 1. The molecule has 2 aliphatic rings. The van der Waals surface area contributed by atoms with Crippen molar-refractivity contribution in [3.8, 4) is 0 Å². The van der Waals surface area contributed by atoms with Crippen molar-refractivity contribution in [2.75, 3.05) is 0 Å². The molecule has 3 atom stereocenters. The van der Waals surface area contributed by atoms with Crippen LogP contribution in [0.5, 0.6) is 0 Å². The summed E-state index contributed by atoms with van der Waals surface area (Å²) in [5.74, 6) is 0.823. The monoisotopic (exact) mass is 271 g/mol. The lowest BCUT2D eigenvalue weighted by Gasteiger charge is -2.46. The summed E-state index contributed by atoms with van der Waals surface area (Å²) in [7, 11) is 0. The Bertz CT molecular complexity index is 481. The first kappa shape index (κ1) is 13.8. The molecular weight excluding hydrogens is 246 g/mol. The van der Waals surface area contributed by atoms with Crippen LogP contribution in [0.2, 0.25) is 0 Å². The van der Waals surface area contributed by atoms with Crippen molar-refractivity contribution in [3.05, 3.63) is 41.7 Å². The zero-order valence-corrected chi connectivity index (χ0v) is 12.6. The van der Waals surface area contributed by atoms with Gasteiger partial charge >= 0.3 is 0 Å². The van der Waals surface area contributed by atoms with Gasteiger partial charge in [-0.25, -0.2) is 0 Å². The maximum atomic E-state index is 6.13. The number of nitrogens with zero attached hydrogens (tertiary/aromatic N) is 1. The normalized spacial score (nSPS) is 33.4. The molecule has 3 rings (SSSR count). The SMILES string of the molecule is CC1CCC=C2C[C@@H](OCc3ccncc3)CC[C@@]21C. The van der Waals surface area contributed by atoms with E-state index in [0.29, 0.717) is 18.1 Å². The lowest BCUT2D eigenvalue weighted by atomic mass is 9.60. The lowest BCUT2D eigenvalue weighted by Crippen LogP contribution is -2.37. The molecule has 0 radical (unpaired) electrons. The van der Waals surface area contributed by atoms with Crippen LogP contribution < -0.4 is 0 Å². The molecule has 0 N–H and O–H groups in total.